The average Bonchev–Trinajstić information content (AvgIpc) is 3.42. The highest BCUT2D eigenvalue weighted by Crippen LogP contribution is 2.26. The molecule has 1 aromatic carbocycles. The molecule has 0 saturated heterocycles. The van der Waals surface area contributed by atoms with Crippen LogP contribution in [0.4, 0.5) is 5.69 Å². The highest BCUT2D eigenvalue weighted by molar-refractivity contribution is 7.12. The van der Waals surface area contributed by atoms with Crippen LogP contribution >= 0.6 is 11.3 Å². The first kappa shape index (κ1) is 21.3. The standard InChI is InChI=1S/C20H21N5O4S/c1-13-22-23-24-25(13)16-12-14(5-9-18(16)29-2)21-20(28)10-7-15(26)6-8-17(27)19-4-3-11-30-19/h3-5,9,11-12H,6-8,10H2,1-2H3,(H,21,28). The molecule has 1 amide bonds. The van der Waals surface area contributed by atoms with Crippen molar-refractivity contribution < 1.29 is 19.1 Å². The number of Topliss-reactive ketones (excluding diaryl/α,β-unsaturated/α-hetero) is 2. The van der Waals surface area contributed by atoms with Gasteiger partial charge in [-0.15, -0.1) is 16.4 Å². The van der Waals surface area contributed by atoms with E-state index in [1.807, 2.05) is 5.38 Å². The van der Waals surface area contributed by atoms with Gasteiger partial charge in [-0.25, -0.2) is 0 Å². The molecular weight excluding hydrogens is 406 g/mol. The van der Waals surface area contributed by atoms with Gasteiger partial charge in [0.1, 0.15) is 17.2 Å². The minimum Gasteiger partial charge on any atom is -0.494 e. The number of ether oxygens (including phenoxy) is 1. The minimum atomic E-state index is -0.294. The molecule has 0 aliphatic heterocycles. The van der Waals surface area contributed by atoms with E-state index in [-0.39, 0.29) is 43.2 Å². The van der Waals surface area contributed by atoms with Gasteiger partial charge in [0.2, 0.25) is 5.91 Å². The number of carbonyl (C=O) groups is 3. The van der Waals surface area contributed by atoms with Crippen molar-refractivity contribution in [3.8, 4) is 11.4 Å². The van der Waals surface area contributed by atoms with E-state index in [1.165, 1.54) is 23.1 Å². The van der Waals surface area contributed by atoms with Crippen LogP contribution in [0.2, 0.25) is 0 Å². The van der Waals surface area contributed by atoms with Gasteiger partial charge in [-0.2, -0.15) is 4.68 Å². The number of hydrogen-bond donors (Lipinski definition) is 1. The molecule has 0 bridgehead atoms. The molecule has 2 aromatic heterocycles. The summed E-state index contributed by atoms with van der Waals surface area (Å²) in [5.41, 5.74) is 1.12. The molecule has 3 rings (SSSR count). The molecule has 156 valence electrons. The topological polar surface area (TPSA) is 116 Å². The van der Waals surface area contributed by atoms with Crippen LogP contribution in [0.25, 0.3) is 5.69 Å². The molecule has 30 heavy (non-hydrogen) atoms. The van der Waals surface area contributed by atoms with Crippen molar-refractivity contribution in [1.82, 2.24) is 20.2 Å². The van der Waals surface area contributed by atoms with Crippen LogP contribution in [-0.4, -0.2) is 44.8 Å². The Morgan fingerprint density at radius 1 is 1.13 bits per heavy atom. The van der Waals surface area contributed by atoms with Gasteiger partial charge in [0.05, 0.1) is 12.0 Å². The zero-order valence-electron chi connectivity index (χ0n) is 16.6. The van der Waals surface area contributed by atoms with Crippen molar-refractivity contribution >= 4 is 34.5 Å². The Balaban J connectivity index is 1.53. The maximum Gasteiger partial charge on any atom is 0.224 e. The van der Waals surface area contributed by atoms with E-state index in [9.17, 15) is 14.4 Å². The number of amides is 1. The third-order valence-electron chi connectivity index (χ3n) is 4.37. The number of thiophene rings is 1. The summed E-state index contributed by atoms with van der Waals surface area (Å²) in [6, 6.07) is 8.64. The summed E-state index contributed by atoms with van der Waals surface area (Å²) in [4.78, 5) is 36.9. The first-order chi connectivity index (χ1) is 14.5. The number of ketones is 2. The quantitative estimate of drug-likeness (QED) is 0.494. The molecule has 1 N–H and O–H groups in total. The lowest BCUT2D eigenvalue weighted by atomic mass is 10.1. The number of nitrogens with one attached hydrogen (secondary N) is 1. The number of methoxy groups -OCH3 is 1. The molecule has 2 heterocycles. The summed E-state index contributed by atoms with van der Waals surface area (Å²) >= 11 is 1.36. The van der Waals surface area contributed by atoms with E-state index in [4.69, 9.17) is 4.74 Å². The van der Waals surface area contributed by atoms with E-state index < -0.39 is 0 Å². The second-order valence-corrected chi connectivity index (χ2v) is 7.46. The maximum atomic E-state index is 12.3. The Kier molecular flexibility index (Phi) is 7.02. The monoisotopic (exact) mass is 427 g/mol. The average molecular weight is 427 g/mol. The molecular formula is C20H21N5O4S. The van der Waals surface area contributed by atoms with Crippen LogP contribution < -0.4 is 10.1 Å². The molecule has 0 atom stereocenters. The lowest BCUT2D eigenvalue weighted by molar-refractivity contribution is -0.122. The molecule has 0 saturated carbocycles. The summed E-state index contributed by atoms with van der Waals surface area (Å²) in [5, 5.41) is 16.0. The van der Waals surface area contributed by atoms with Crippen LogP contribution in [-0.2, 0) is 9.59 Å². The van der Waals surface area contributed by atoms with E-state index in [1.54, 1.807) is 37.3 Å². The van der Waals surface area contributed by atoms with E-state index in [0.717, 1.165) is 0 Å². The Morgan fingerprint density at radius 3 is 2.60 bits per heavy atom. The van der Waals surface area contributed by atoms with Gasteiger partial charge in [-0.1, -0.05) is 6.07 Å². The van der Waals surface area contributed by atoms with Gasteiger partial charge in [0.25, 0.3) is 0 Å². The van der Waals surface area contributed by atoms with Crippen molar-refractivity contribution in [2.75, 3.05) is 12.4 Å². The Bertz CT molecular complexity index is 1050. The second-order valence-electron chi connectivity index (χ2n) is 6.51. The number of hydrogen-bond acceptors (Lipinski definition) is 8. The fraction of sp³-hybridized carbons (Fsp3) is 0.300. The predicted octanol–water partition coefficient (Wildman–Crippen LogP) is 2.99. The van der Waals surface area contributed by atoms with E-state index in [2.05, 4.69) is 20.8 Å². The third-order valence-corrected chi connectivity index (χ3v) is 5.28. The first-order valence-corrected chi connectivity index (χ1v) is 10.2. The van der Waals surface area contributed by atoms with Crippen LogP contribution in [0.3, 0.4) is 0 Å². The smallest absolute Gasteiger partial charge is 0.224 e. The summed E-state index contributed by atoms with van der Waals surface area (Å²) in [5.74, 6) is 0.659. The fourth-order valence-electron chi connectivity index (χ4n) is 2.80. The van der Waals surface area contributed by atoms with Crippen molar-refractivity contribution in [3.63, 3.8) is 0 Å². The zero-order chi connectivity index (χ0) is 21.5. The molecule has 0 spiro atoms. The minimum absolute atomic E-state index is 0.0390. The third kappa shape index (κ3) is 5.35. The maximum absolute atomic E-state index is 12.3. The number of aromatic nitrogens is 4. The van der Waals surface area contributed by atoms with Crippen LogP contribution in [0, 0.1) is 6.92 Å². The zero-order valence-corrected chi connectivity index (χ0v) is 17.4. The number of aryl methyl sites for hydroxylation is 1. The summed E-state index contributed by atoms with van der Waals surface area (Å²) in [7, 11) is 1.53. The van der Waals surface area contributed by atoms with Gasteiger partial charge in [-0.05, 0) is 47.0 Å². The number of nitrogens with zero attached hydrogens (tertiary/aromatic N) is 4. The molecule has 0 unspecified atom stereocenters. The molecule has 0 aliphatic carbocycles. The van der Waals surface area contributed by atoms with Gasteiger partial charge < -0.3 is 10.1 Å². The van der Waals surface area contributed by atoms with Crippen LogP contribution in [0.15, 0.2) is 35.7 Å². The van der Waals surface area contributed by atoms with Gasteiger partial charge in [0.15, 0.2) is 11.6 Å². The highest BCUT2D eigenvalue weighted by atomic mass is 32.1. The highest BCUT2D eigenvalue weighted by Gasteiger charge is 2.14. The van der Waals surface area contributed by atoms with Gasteiger partial charge in [0, 0.05) is 31.4 Å². The Hall–Kier alpha value is -3.40. The number of carbonyl (C=O) groups excluding carboxylic acids is 3. The molecule has 9 nitrogen and oxygen atoms in total. The van der Waals surface area contributed by atoms with Gasteiger partial charge >= 0.3 is 0 Å². The lowest BCUT2D eigenvalue weighted by Gasteiger charge is -2.11. The van der Waals surface area contributed by atoms with Gasteiger partial charge in [-0.3, -0.25) is 14.4 Å². The summed E-state index contributed by atoms with van der Waals surface area (Å²) in [6.45, 7) is 1.75. The molecule has 0 radical (unpaired) electrons. The Morgan fingerprint density at radius 2 is 1.93 bits per heavy atom. The SMILES string of the molecule is COc1ccc(NC(=O)CCC(=O)CCC(=O)c2cccs2)cc1-n1nnnc1C. The van der Waals surface area contributed by atoms with Crippen molar-refractivity contribution in [2.24, 2.45) is 0 Å². The fourth-order valence-corrected chi connectivity index (χ4v) is 3.50. The molecule has 3 aromatic rings. The first-order valence-electron chi connectivity index (χ1n) is 9.29. The second kappa shape index (κ2) is 9.88. The van der Waals surface area contributed by atoms with E-state index in [0.29, 0.717) is 27.8 Å². The summed E-state index contributed by atoms with van der Waals surface area (Å²) in [6.07, 6.45) is 0.416. The number of tetrazole rings is 1. The van der Waals surface area contributed by atoms with Crippen molar-refractivity contribution in [1.29, 1.82) is 0 Å². The van der Waals surface area contributed by atoms with E-state index >= 15 is 0 Å². The predicted molar refractivity (Wildman–Crippen MR) is 111 cm³/mol. The van der Waals surface area contributed by atoms with Crippen molar-refractivity contribution in [3.05, 3.63) is 46.4 Å². The molecule has 0 fully saturated rings. The molecule has 0 aliphatic rings. The van der Waals surface area contributed by atoms with Crippen LogP contribution in [0.1, 0.15) is 41.2 Å². The largest absolute Gasteiger partial charge is 0.494 e. The van der Waals surface area contributed by atoms with Crippen LogP contribution in [0.5, 0.6) is 5.75 Å². The van der Waals surface area contributed by atoms with Crippen molar-refractivity contribution in [2.45, 2.75) is 32.6 Å². The molecule has 10 heteroatoms. The Labute approximate surface area is 177 Å². The lowest BCUT2D eigenvalue weighted by Crippen LogP contribution is -2.14. The number of rotatable bonds is 10. The summed E-state index contributed by atoms with van der Waals surface area (Å²) < 4.78 is 6.84. The number of benzene rings is 1. The number of anilines is 1. The normalized spacial score (nSPS) is 10.6.